The molecule has 0 fully saturated rings. The molecule has 0 spiro atoms. The van der Waals surface area contributed by atoms with Gasteiger partial charge in [-0.1, -0.05) is 39.7 Å². The molecule has 94 valence electrons. The Morgan fingerprint density at radius 2 is 1.95 bits per heavy atom. The van der Waals surface area contributed by atoms with Gasteiger partial charge in [0.2, 0.25) is 0 Å². The summed E-state index contributed by atoms with van der Waals surface area (Å²) in [4.78, 5) is 11.4. The van der Waals surface area contributed by atoms with Crippen molar-refractivity contribution in [3.63, 3.8) is 0 Å². The van der Waals surface area contributed by atoms with Crippen LogP contribution in [0, 0.1) is 6.92 Å². The fourth-order valence-corrected chi connectivity index (χ4v) is 2.79. The lowest BCUT2D eigenvalue weighted by Gasteiger charge is -2.05. The predicted octanol–water partition coefficient (Wildman–Crippen LogP) is 4.49. The minimum absolute atomic E-state index is 0.682. The Labute approximate surface area is 119 Å². The molecular weight excluding hydrogens is 302 g/mol. The molecule has 0 N–H and O–H groups in total. The SMILES string of the molecule is Cc1ccc(Br)c(-c2cc3ccccn3c2C=O)c1. The summed E-state index contributed by atoms with van der Waals surface area (Å²) >= 11 is 3.56. The second kappa shape index (κ2) is 4.67. The van der Waals surface area contributed by atoms with Gasteiger partial charge < -0.3 is 4.40 Å². The standard InChI is InChI=1S/C16H12BrNO/c1-11-5-6-15(17)13(8-11)14-9-12-4-2-3-7-18(12)16(14)10-19/h2-10H,1H3. The molecule has 1 aromatic carbocycles. The van der Waals surface area contributed by atoms with E-state index >= 15 is 0 Å². The molecule has 19 heavy (non-hydrogen) atoms. The van der Waals surface area contributed by atoms with Gasteiger partial charge in [-0.05, 0) is 36.8 Å². The summed E-state index contributed by atoms with van der Waals surface area (Å²) in [5, 5.41) is 0. The molecule has 0 aliphatic heterocycles. The lowest BCUT2D eigenvalue weighted by Crippen LogP contribution is -1.92. The van der Waals surface area contributed by atoms with Gasteiger partial charge in [-0.2, -0.15) is 0 Å². The van der Waals surface area contributed by atoms with Crippen molar-refractivity contribution >= 4 is 27.7 Å². The number of hydrogen-bond donors (Lipinski definition) is 0. The van der Waals surface area contributed by atoms with E-state index in [2.05, 4.69) is 22.0 Å². The highest BCUT2D eigenvalue weighted by Gasteiger charge is 2.13. The molecule has 0 bridgehead atoms. The number of carbonyl (C=O) groups excluding carboxylic acids is 1. The van der Waals surface area contributed by atoms with Crippen LogP contribution >= 0.6 is 15.9 Å². The molecule has 0 unspecified atom stereocenters. The van der Waals surface area contributed by atoms with Gasteiger partial charge in [0.1, 0.15) is 0 Å². The van der Waals surface area contributed by atoms with Crippen LogP contribution in [0.15, 0.2) is 53.1 Å². The smallest absolute Gasteiger partial charge is 0.167 e. The van der Waals surface area contributed by atoms with Gasteiger partial charge in [0.05, 0.1) is 5.69 Å². The fourth-order valence-electron chi connectivity index (χ4n) is 2.33. The van der Waals surface area contributed by atoms with E-state index < -0.39 is 0 Å². The third kappa shape index (κ3) is 2.00. The van der Waals surface area contributed by atoms with Crippen LogP contribution in [-0.2, 0) is 0 Å². The van der Waals surface area contributed by atoms with Gasteiger partial charge in [-0.3, -0.25) is 4.79 Å². The van der Waals surface area contributed by atoms with Gasteiger partial charge >= 0.3 is 0 Å². The second-order valence-corrected chi connectivity index (χ2v) is 5.39. The predicted molar refractivity (Wildman–Crippen MR) is 80.7 cm³/mol. The molecule has 0 atom stereocenters. The number of nitrogens with zero attached hydrogens (tertiary/aromatic N) is 1. The number of halogens is 1. The van der Waals surface area contributed by atoms with Crippen molar-refractivity contribution in [2.75, 3.05) is 0 Å². The van der Waals surface area contributed by atoms with Gasteiger partial charge in [-0.25, -0.2) is 0 Å². The lowest BCUT2D eigenvalue weighted by atomic mass is 10.0. The number of rotatable bonds is 2. The number of aromatic nitrogens is 1. The first-order valence-electron chi connectivity index (χ1n) is 6.02. The molecule has 3 rings (SSSR count). The minimum Gasteiger partial charge on any atom is -0.314 e. The number of hydrogen-bond acceptors (Lipinski definition) is 1. The summed E-state index contributed by atoms with van der Waals surface area (Å²) in [7, 11) is 0. The maximum absolute atomic E-state index is 11.4. The van der Waals surface area contributed by atoms with Gasteiger partial charge in [0.25, 0.3) is 0 Å². The number of carbonyl (C=O) groups is 1. The van der Waals surface area contributed by atoms with Crippen LogP contribution < -0.4 is 0 Å². The molecule has 3 aromatic rings. The Hall–Kier alpha value is -1.87. The average molecular weight is 314 g/mol. The molecule has 0 aliphatic rings. The first-order chi connectivity index (χ1) is 9.20. The van der Waals surface area contributed by atoms with Crippen molar-refractivity contribution < 1.29 is 4.79 Å². The zero-order valence-corrected chi connectivity index (χ0v) is 12.0. The lowest BCUT2D eigenvalue weighted by molar-refractivity contribution is 0.111. The van der Waals surface area contributed by atoms with E-state index in [-0.39, 0.29) is 0 Å². The van der Waals surface area contributed by atoms with Crippen molar-refractivity contribution in [1.82, 2.24) is 4.40 Å². The number of aryl methyl sites for hydroxylation is 1. The van der Waals surface area contributed by atoms with E-state index in [0.717, 1.165) is 27.4 Å². The minimum atomic E-state index is 0.682. The molecule has 2 nitrogen and oxygen atoms in total. The van der Waals surface area contributed by atoms with Crippen molar-refractivity contribution in [3.05, 3.63) is 64.4 Å². The average Bonchev–Trinajstić information content (AvgIpc) is 2.79. The molecule has 0 saturated carbocycles. The normalized spacial score (nSPS) is 10.8. The van der Waals surface area contributed by atoms with Crippen LogP contribution in [0.25, 0.3) is 16.6 Å². The summed E-state index contributed by atoms with van der Waals surface area (Å²) in [5.74, 6) is 0. The topological polar surface area (TPSA) is 21.5 Å². The second-order valence-electron chi connectivity index (χ2n) is 4.54. The van der Waals surface area contributed by atoms with Crippen LogP contribution in [0.2, 0.25) is 0 Å². The number of benzene rings is 1. The van der Waals surface area contributed by atoms with Crippen LogP contribution in [0.5, 0.6) is 0 Å². The van der Waals surface area contributed by atoms with Crippen molar-refractivity contribution in [2.45, 2.75) is 6.92 Å². The molecule has 2 aromatic heterocycles. The van der Waals surface area contributed by atoms with Crippen molar-refractivity contribution in [2.24, 2.45) is 0 Å². The Balaban J connectivity index is 2.36. The van der Waals surface area contributed by atoms with Crippen LogP contribution in [0.1, 0.15) is 16.1 Å². The largest absolute Gasteiger partial charge is 0.314 e. The molecule has 0 amide bonds. The maximum atomic E-state index is 11.4. The van der Waals surface area contributed by atoms with Crippen molar-refractivity contribution in [3.8, 4) is 11.1 Å². The zero-order valence-electron chi connectivity index (χ0n) is 10.4. The Bertz CT molecular complexity index is 774. The van der Waals surface area contributed by atoms with E-state index in [1.807, 2.05) is 53.9 Å². The molecule has 0 aliphatic carbocycles. The van der Waals surface area contributed by atoms with Crippen LogP contribution in [0.3, 0.4) is 0 Å². The van der Waals surface area contributed by atoms with Gasteiger partial charge in [0, 0.05) is 21.7 Å². The molecule has 3 heteroatoms. The van der Waals surface area contributed by atoms with Crippen LogP contribution in [0.4, 0.5) is 0 Å². The fraction of sp³-hybridized carbons (Fsp3) is 0.0625. The Kier molecular flexibility index (Phi) is 2.99. The van der Waals surface area contributed by atoms with Gasteiger partial charge in [0.15, 0.2) is 6.29 Å². The van der Waals surface area contributed by atoms with E-state index in [1.54, 1.807) is 0 Å². The van der Waals surface area contributed by atoms with Crippen molar-refractivity contribution in [1.29, 1.82) is 0 Å². The highest BCUT2D eigenvalue weighted by atomic mass is 79.9. The summed E-state index contributed by atoms with van der Waals surface area (Å²) in [5.41, 5.74) is 4.88. The van der Waals surface area contributed by atoms with E-state index in [9.17, 15) is 4.79 Å². The summed E-state index contributed by atoms with van der Waals surface area (Å²) in [6, 6.07) is 14.1. The highest BCUT2D eigenvalue weighted by molar-refractivity contribution is 9.10. The zero-order chi connectivity index (χ0) is 13.4. The molecule has 0 radical (unpaired) electrons. The first-order valence-corrected chi connectivity index (χ1v) is 6.82. The number of aldehydes is 1. The third-order valence-electron chi connectivity index (χ3n) is 3.24. The van der Waals surface area contributed by atoms with E-state index in [0.29, 0.717) is 5.69 Å². The van der Waals surface area contributed by atoms with E-state index in [4.69, 9.17) is 0 Å². The Morgan fingerprint density at radius 3 is 2.74 bits per heavy atom. The summed E-state index contributed by atoms with van der Waals surface area (Å²) < 4.78 is 2.91. The number of fused-ring (bicyclic) bond motifs is 1. The first kappa shape index (κ1) is 12.2. The summed E-state index contributed by atoms with van der Waals surface area (Å²) in [6.07, 6.45) is 2.82. The quantitative estimate of drug-likeness (QED) is 0.639. The van der Waals surface area contributed by atoms with E-state index in [1.165, 1.54) is 5.56 Å². The molecule has 0 saturated heterocycles. The van der Waals surface area contributed by atoms with Gasteiger partial charge in [-0.15, -0.1) is 0 Å². The number of pyridine rings is 1. The Morgan fingerprint density at radius 1 is 1.11 bits per heavy atom. The molecule has 2 heterocycles. The molecular formula is C16H12BrNO. The third-order valence-corrected chi connectivity index (χ3v) is 3.93. The summed E-state index contributed by atoms with van der Waals surface area (Å²) in [6.45, 7) is 2.05. The monoisotopic (exact) mass is 313 g/mol. The maximum Gasteiger partial charge on any atom is 0.167 e. The highest BCUT2D eigenvalue weighted by Crippen LogP contribution is 2.33. The van der Waals surface area contributed by atoms with Crippen LogP contribution in [-0.4, -0.2) is 10.7 Å².